The van der Waals surface area contributed by atoms with Crippen LogP contribution in [0.25, 0.3) is 11.3 Å². The van der Waals surface area contributed by atoms with Gasteiger partial charge in [0.1, 0.15) is 11.6 Å². The minimum atomic E-state index is -0.204. The summed E-state index contributed by atoms with van der Waals surface area (Å²) in [6, 6.07) is 9.26. The van der Waals surface area contributed by atoms with Crippen LogP contribution >= 0.6 is 0 Å². The molecule has 2 aromatic rings. The molecule has 0 N–H and O–H groups in total. The number of pyridine rings is 1. The number of anilines is 1. The summed E-state index contributed by atoms with van der Waals surface area (Å²) >= 11 is 0. The van der Waals surface area contributed by atoms with Gasteiger partial charge in [0, 0.05) is 37.0 Å². The van der Waals surface area contributed by atoms with Crippen molar-refractivity contribution in [2.24, 2.45) is 5.92 Å². The van der Waals surface area contributed by atoms with Gasteiger partial charge in [-0.05, 0) is 56.4 Å². The van der Waals surface area contributed by atoms with Gasteiger partial charge in [-0.3, -0.25) is 4.98 Å². The molecule has 0 spiro atoms. The van der Waals surface area contributed by atoms with Crippen molar-refractivity contribution in [2.45, 2.75) is 33.1 Å². The molecule has 0 radical (unpaired) electrons. The zero-order valence-electron chi connectivity index (χ0n) is 14.3. The minimum absolute atomic E-state index is 0.204. The number of aromatic nitrogens is 1. The molecule has 4 heteroatoms. The van der Waals surface area contributed by atoms with Gasteiger partial charge in [-0.1, -0.05) is 12.1 Å². The lowest BCUT2D eigenvalue weighted by molar-refractivity contribution is -0.118. The van der Waals surface area contributed by atoms with Crippen LogP contribution in [0.5, 0.6) is 0 Å². The summed E-state index contributed by atoms with van der Waals surface area (Å²) in [6.07, 6.45) is 4.55. The molecule has 1 saturated heterocycles. The van der Waals surface area contributed by atoms with Gasteiger partial charge in [0.05, 0.1) is 5.69 Å². The number of carbonyl (C=O) groups is 1. The highest BCUT2D eigenvalue weighted by Crippen LogP contribution is 2.28. The van der Waals surface area contributed by atoms with Crippen LogP contribution in [0.2, 0.25) is 0 Å². The Kier molecular flexibility index (Phi) is 4.93. The maximum absolute atomic E-state index is 13.8. The largest absolute Gasteiger partial charge is 0.371 e. The lowest BCUT2D eigenvalue weighted by Crippen LogP contribution is -2.34. The number of rotatable bonds is 4. The van der Waals surface area contributed by atoms with Gasteiger partial charge in [0.2, 0.25) is 0 Å². The highest BCUT2D eigenvalue weighted by Gasteiger charge is 2.20. The molecular formula is C20H23FN2O. The van der Waals surface area contributed by atoms with Gasteiger partial charge < -0.3 is 9.69 Å². The molecule has 0 bridgehead atoms. The number of benzene rings is 1. The van der Waals surface area contributed by atoms with Gasteiger partial charge in [-0.2, -0.15) is 0 Å². The van der Waals surface area contributed by atoms with Crippen molar-refractivity contribution in [3.05, 3.63) is 47.9 Å². The van der Waals surface area contributed by atoms with Crippen molar-refractivity contribution >= 4 is 11.5 Å². The molecule has 0 unspecified atom stereocenters. The van der Waals surface area contributed by atoms with Gasteiger partial charge in [0.15, 0.2) is 0 Å². The van der Waals surface area contributed by atoms with Gasteiger partial charge >= 0.3 is 0 Å². The summed E-state index contributed by atoms with van der Waals surface area (Å²) in [5.74, 6) is 0.581. The third kappa shape index (κ3) is 3.81. The zero-order valence-corrected chi connectivity index (χ0v) is 14.3. The standard InChI is InChI=1S/C20H23FN2O/c1-14-3-4-17(12-19(14)21)20-13-18(5-8-22-20)23-9-6-16(7-10-23)11-15(2)24/h3-5,8,12-13,16H,6-7,9-11H2,1-2H3. The van der Waals surface area contributed by atoms with E-state index < -0.39 is 0 Å². The van der Waals surface area contributed by atoms with E-state index in [1.807, 2.05) is 18.2 Å². The molecule has 1 aliphatic heterocycles. The van der Waals surface area contributed by atoms with Gasteiger partial charge in [-0.15, -0.1) is 0 Å². The number of aryl methyl sites for hydroxylation is 1. The molecule has 24 heavy (non-hydrogen) atoms. The normalized spacial score (nSPS) is 15.5. The third-order valence-corrected chi connectivity index (χ3v) is 4.77. The Bertz CT molecular complexity index is 736. The van der Waals surface area contributed by atoms with Crippen LogP contribution in [0.15, 0.2) is 36.5 Å². The summed E-state index contributed by atoms with van der Waals surface area (Å²) < 4.78 is 13.8. The first-order valence-corrected chi connectivity index (χ1v) is 8.50. The van der Waals surface area contributed by atoms with Gasteiger partial charge in [0.25, 0.3) is 0 Å². The number of halogens is 1. The first-order valence-electron chi connectivity index (χ1n) is 8.50. The average Bonchev–Trinajstić information content (AvgIpc) is 2.58. The number of carbonyl (C=O) groups excluding carboxylic acids is 1. The van der Waals surface area contributed by atoms with Crippen molar-refractivity contribution in [1.29, 1.82) is 0 Å². The summed E-state index contributed by atoms with van der Waals surface area (Å²) in [5.41, 5.74) is 3.34. The van der Waals surface area contributed by atoms with E-state index in [1.54, 1.807) is 32.2 Å². The molecule has 3 nitrogen and oxygen atoms in total. The van der Waals surface area contributed by atoms with Crippen LogP contribution in [0.4, 0.5) is 10.1 Å². The van der Waals surface area contributed by atoms with Crippen molar-refractivity contribution in [1.82, 2.24) is 4.98 Å². The summed E-state index contributed by atoms with van der Waals surface area (Å²) in [4.78, 5) is 18.0. The molecule has 3 rings (SSSR count). The number of Topliss-reactive ketones (excluding diaryl/α,β-unsaturated/α-hetero) is 1. The number of nitrogens with zero attached hydrogens (tertiary/aromatic N) is 2. The van der Waals surface area contributed by atoms with E-state index in [9.17, 15) is 9.18 Å². The molecule has 1 aromatic heterocycles. The summed E-state index contributed by atoms with van der Waals surface area (Å²) in [7, 11) is 0. The second-order valence-corrected chi connectivity index (χ2v) is 6.70. The van der Waals surface area contributed by atoms with E-state index in [2.05, 4.69) is 9.88 Å². The molecule has 1 aliphatic rings. The van der Waals surface area contributed by atoms with Crippen LogP contribution in [-0.4, -0.2) is 23.9 Å². The second kappa shape index (κ2) is 7.12. The minimum Gasteiger partial charge on any atom is -0.371 e. The van der Waals surface area contributed by atoms with Crippen molar-refractivity contribution in [3.8, 4) is 11.3 Å². The molecule has 2 heterocycles. The summed E-state index contributed by atoms with van der Waals surface area (Å²) in [6.45, 7) is 5.32. The van der Waals surface area contributed by atoms with Gasteiger partial charge in [-0.25, -0.2) is 4.39 Å². The van der Waals surface area contributed by atoms with Crippen LogP contribution in [0.1, 0.15) is 31.7 Å². The fourth-order valence-corrected chi connectivity index (χ4v) is 3.33. The fraction of sp³-hybridized carbons (Fsp3) is 0.400. The Morgan fingerprint density at radius 3 is 2.67 bits per heavy atom. The number of hydrogen-bond donors (Lipinski definition) is 0. The highest BCUT2D eigenvalue weighted by atomic mass is 19.1. The van der Waals surface area contributed by atoms with Crippen LogP contribution in [0.3, 0.4) is 0 Å². The van der Waals surface area contributed by atoms with Crippen molar-refractivity contribution < 1.29 is 9.18 Å². The second-order valence-electron chi connectivity index (χ2n) is 6.70. The third-order valence-electron chi connectivity index (χ3n) is 4.77. The van der Waals surface area contributed by atoms with Crippen LogP contribution < -0.4 is 4.90 Å². The molecule has 0 aliphatic carbocycles. The molecular weight excluding hydrogens is 303 g/mol. The Labute approximate surface area is 142 Å². The SMILES string of the molecule is CC(=O)CC1CCN(c2ccnc(-c3ccc(C)c(F)c3)c2)CC1. The Morgan fingerprint density at radius 2 is 2.00 bits per heavy atom. The smallest absolute Gasteiger partial charge is 0.130 e. The quantitative estimate of drug-likeness (QED) is 0.835. The number of piperidine rings is 1. The average molecular weight is 326 g/mol. The lowest BCUT2D eigenvalue weighted by Gasteiger charge is -2.33. The zero-order chi connectivity index (χ0) is 17.1. The predicted octanol–water partition coefficient (Wildman–Crippen LogP) is 4.39. The van der Waals surface area contributed by atoms with E-state index in [4.69, 9.17) is 0 Å². The van der Waals surface area contributed by atoms with E-state index >= 15 is 0 Å². The van der Waals surface area contributed by atoms with E-state index in [-0.39, 0.29) is 11.6 Å². The maximum atomic E-state index is 13.8. The molecule has 1 fully saturated rings. The Morgan fingerprint density at radius 1 is 1.25 bits per heavy atom. The maximum Gasteiger partial charge on any atom is 0.130 e. The predicted molar refractivity (Wildman–Crippen MR) is 94.6 cm³/mol. The topological polar surface area (TPSA) is 33.2 Å². The number of ketones is 1. The summed E-state index contributed by atoms with van der Waals surface area (Å²) in [5, 5.41) is 0. The Hall–Kier alpha value is -2.23. The highest BCUT2D eigenvalue weighted by molar-refractivity contribution is 5.75. The molecule has 0 atom stereocenters. The number of hydrogen-bond acceptors (Lipinski definition) is 3. The van der Waals surface area contributed by atoms with Crippen molar-refractivity contribution in [3.63, 3.8) is 0 Å². The Balaban J connectivity index is 1.74. The molecule has 1 aromatic carbocycles. The van der Waals surface area contributed by atoms with Crippen LogP contribution in [-0.2, 0) is 4.79 Å². The van der Waals surface area contributed by atoms with Crippen molar-refractivity contribution in [2.75, 3.05) is 18.0 Å². The van der Waals surface area contributed by atoms with E-state index in [1.165, 1.54) is 0 Å². The first-order chi connectivity index (χ1) is 11.5. The van der Waals surface area contributed by atoms with E-state index in [0.29, 0.717) is 17.9 Å². The lowest BCUT2D eigenvalue weighted by atomic mass is 9.92. The monoisotopic (exact) mass is 326 g/mol. The fourth-order valence-electron chi connectivity index (χ4n) is 3.33. The molecule has 0 amide bonds. The molecule has 0 saturated carbocycles. The first kappa shape index (κ1) is 16.6. The molecule has 126 valence electrons. The van der Waals surface area contributed by atoms with E-state index in [0.717, 1.165) is 42.9 Å². The van der Waals surface area contributed by atoms with Crippen LogP contribution in [0, 0.1) is 18.7 Å².